The molecule has 0 saturated carbocycles. The van der Waals surface area contributed by atoms with Crippen molar-refractivity contribution >= 4 is 11.8 Å². The minimum absolute atomic E-state index is 0.0293. The normalized spacial score (nSPS) is 18.8. The number of allylic oxidation sites excluding steroid dienone is 5. The number of rotatable bonds is 11. The summed E-state index contributed by atoms with van der Waals surface area (Å²) in [5.41, 5.74) is 2.84. The van der Waals surface area contributed by atoms with Crippen LogP contribution in [0.4, 0.5) is 0 Å². The topological polar surface area (TPSA) is 81.4 Å². The Balaban J connectivity index is 1.76. The molecular weight excluding hydrogens is 368 g/mol. The van der Waals surface area contributed by atoms with E-state index in [2.05, 4.69) is 15.9 Å². The molecule has 0 spiro atoms. The van der Waals surface area contributed by atoms with E-state index in [4.69, 9.17) is 0 Å². The molecule has 6 heteroatoms. The minimum Gasteiger partial charge on any atom is -0.469 e. The predicted molar refractivity (Wildman–Crippen MR) is 112 cm³/mol. The summed E-state index contributed by atoms with van der Waals surface area (Å²) in [5.74, 6) is -0.101. The third-order valence-corrected chi connectivity index (χ3v) is 5.21. The van der Waals surface area contributed by atoms with Gasteiger partial charge in [-0.25, -0.2) is 0 Å². The van der Waals surface area contributed by atoms with Gasteiger partial charge in [-0.15, -0.1) is 0 Å². The summed E-state index contributed by atoms with van der Waals surface area (Å²) in [7, 11) is 3.30. The van der Waals surface area contributed by atoms with Crippen molar-refractivity contribution in [1.82, 2.24) is 9.78 Å². The Morgan fingerprint density at radius 3 is 2.90 bits per heavy atom. The van der Waals surface area contributed by atoms with E-state index < -0.39 is 6.10 Å². The lowest BCUT2D eigenvalue weighted by molar-refractivity contribution is -0.140. The van der Waals surface area contributed by atoms with Gasteiger partial charge in [0.2, 0.25) is 0 Å². The molecule has 0 unspecified atom stereocenters. The highest BCUT2D eigenvalue weighted by Crippen LogP contribution is 2.26. The fraction of sp³-hybridized carbons (Fsp3) is 0.522. The van der Waals surface area contributed by atoms with Crippen LogP contribution in [0.3, 0.4) is 0 Å². The van der Waals surface area contributed by atoms with E-state index >= 15 is 0 Å². The average Bonchev–Trinajstić information content (AvgIpc) is 3.22. The Kier molecular flexibility index (Phi) is 9.06. The van der Waals surface area contributed by atoms with Crippen LogP contribution in [0, 0.1) is 12.8 Å². The maximum absolute atomic E-state index is 12.1. The zero-order valence-electron chi connectivity index (χ0n) is 17.6. The Morgan fingerprint density at radius 1 is 1.41 bits per heavy atom. The number of hydrogen-bond acceptors (Lipinski definition) is 5. The molecule has 0 saturated heterocycles. The van der Waals surface area contributed by atoms with E-state index in [-0.39, 0.29) is 17.7 Å². The number of carbonyl (C=O) groups excluding carboxylic acids is 2. The number of esters is 1. The molecule has 0 aliphatic heterocycles. The van der Waals surface area contributed by atoms with Crippen LogP contribution in [0.1, 0.15) is 49.9 Å². The van der Waals surface area contributed by atoms with Crippen LogP contribution in [0.15, 0.2) is 42.0 Å². The number of ketones is 1. The summed E-state index contributed by atoms with van der Waals surface area (Å²) in [6.45, 7) is 2.00. The second-order valence-corrected chi connectivity index (χ2v) is 7.49. The Bertz CT molecular complexity index is 769. The molecule has 2 rings (SSSR count). The van der Waals surface area contributed by atoms with Gasteiger partial charge in [0.1, 0.15) is 0 Å². The van der Waals surface area contributed by atoms with Crippen LogP contribution < -0.4 is 0 Å². The second-order valence-electron chi connectivity index (χ2n) is 7.49. The van der Waals surface area contributed by atoms with Gasteiger partial charge in [-0.05, 0) is 57.6 Å². The summed E-state index contributed by atoms with van der Waals surface area (Å²) in [4.78, 5) is 23.2. The van der Waals surface area contributed by atoms with Gasteiger partial charge < -0.3 is 9.84 Å². The van der Waals surface area contributed by atoms with Crippen LogP contribution in [-0.4, -0.2) is 39.9 Å². The first-order chi connectivity index (χ1) is 13.9. The van der Waals surface area contributed by atoms with E-state index in [9.17, 15) is 14.7 Å². The largest absolute Gasteiger partial charge is 0.469 e. The average molecular weight is 401 g/mol. The van der Waals surface area contributed by atoms with Crippen LogP contribution in [0.2, 0.25) is 0 Å². The molecule has 158 valence electrons. The number of aromatic nitrogens is 2. The molecule has 0 bridgehead atoms. The highest BCUT2D eigenvalue weighted by atomic mass is 16.5. The molecule has 6 nitrogen and oxygen atoms in total. The highest BCUT2D eigenvalue weighted by molar-refractivity contribution is 6.07. The molecule has 1 aliphatic rings. The molecule has 1 aliphatic carbocycles. The first-order valence-electron chi connectivity index (χ1n) is 10.2. The van der Waals surface area contributed by atoms with Gasteiger partial charge in [-0.1, -0.05) is 24.3 Å². The maximum atomic E-state index is 12.1. The quantitative estimate of drug-likeness (QED) is 0.266. The van der Waals surface area contributed by atoms with E-state index in [1.807, 2.05) is 42.9 Å². The second kappa shape index (κ2) is 11.5. The molecule has 0 aromatic carbocycles. The molecule has 1 heterocycles. The van der Waals surface area contributed by atoms with Crippen molar-refractivity contribution in [2.24, 2.45) is 13.0 Å². The van der Waals surface area contributed by atoms with Crippen LogP contribution in [0.5, 0.6) is 0 Å². The van der Waals surface area contributed by atoms with Crippen LogP contribution in [0.25, 0.3) is 0 Å². The third kappa shape index (κ3) is 7.46. The Hall–Kier alpha value is -2.47. The van der Waals surface area contributed by atoms with Crippen LogP contribution in [-0.2, 0) is 27.8 Å². The van der Waals surface area contributed by atoms with Crippen molar-refractivity contribution in [2.75, 3.05) is 7.11 Å². The SMILES string of the molecule is COC(=O)CCC/C=C\C[C@H]1C=CC(=O)/C1=C/C[C@@H](O)CCc1cc(C)n(C)n1. The first-order valence-corrected chi connectivity index (χ1v) is 10.2. The van der Waals surface area contributed by atoms with Crippen molar-refractivity contribution < 1.29 is 19.4 Å². The summed E-state index contributed by atoms with van der Waals surface area (Å²) in [6.07, 6.45) is 13.6. The standard InChI is InChI=1S/C23H32N2O4/c1-17-16-19(24-25(17)2)11-12-20(26)13-14-21-18(10-15-22(21)27)8-6-4-5-7-9-23(28)29-3/h4,6,10,14-16,18,20,26H,5,7-9,11-13H2,1-3H3/b6-4-,21-14+/t18-,20-/m0/s1. The summed E-state index contributed by atoms with van der Waals surface area (Å²) in [5, 5.41) is 14.7. The van der Waals surface area contributed by atoms with Crippen molar-refractivity contribution in [1.29, 1.82) is 0 Å². The monoisotopic (exact) mass is 400 g/mol. The van der Waals surface area contributed by atoms with Gasteiger partial charge in [-0.2, -0.15) is 5.10 Å². The van der Waals surface area contributed by atoms with E-state index in [1.165, 1.54) is 7.11 Å². The van der Waals surface area contributed by atoms with Crippen molar-refractivity contribution in [3.8, 4) is 0 Å². The van der Waals surface area contributed by atoms with E-state index in [0.29, 0.717) is 19.3 Å². The molecule has 1 N–H and O–H groups in total. The molecule has 1 aromatic rings. The number of ether oxygens (including phenoxy) is 1. The summed E-state index contributed by atoms with van der Waals surface area (Å²) in [6, 6.07) is 2.03. The number of carbonyl (C=O) groups is 2. The number of methoxy groups -OCH3 is 1. The molecular formula is C23H32N2O4. The lowest BCUT2D eigenvalue weighted by Crippen LogP contribution is -2.09. The Morgan fingerprint density at radius 2 is 2.21 bits per heavy atom. The number of nitrogens with zero attached hydrogens (tertiary/aromatic N) is 2. The molecule has 0 fully saturated rings. The maximum Gasteiger partial charge on any atom is 0.305 e. The number of aliphatic hydroxyl groups is 1. The summed E-state index contributed by atoms with van der Waals surface area (Å²) < 4.78 is 6.45. The fourth-order valence-corrected chi connectivity index (χ4v) is 3.32. The van der Waals surface area contributed by atoms with Gasteiger partial charge in [0.25, 0.3) is 0 Å². The van der Waals surface area contributed by atoms with Gasteiger partial charge in [-0.3, -0.25) is 14.3 Å². The smallest absolute Gasteiger partial charge is 0.305 e. The van der Waals surface area contributed by atoms with Crippen molar-refractivity contribution in [2.45, 2.75) is 58.0 Å². The molecule has 2 atom stereocenters. The predicted octanol–water partition coefficient (Wildman–Crippen LogP) is 3.38. The summed E-state index contributed by atoms with van der Waals surface area (Å²) >= 11 is 0. The van der Waals surface area contributed by atoms with E-state index in [1.54, 1.807) is 6.08 Å². The van der Waals surface area contributed by atoms with Crippen molar-refractivity contribution in [3.05, 3.63) is 53.4 Å². The zero-order valence-corrected chi connectivity index (χ0v) is 17.6. The molecule has 29 heavy (non-hydrogen) atoms. The Labute approximate surface area is 172 Å². The van der Waals surface area contributed by atoms with Gasteiger partial charge in [0.15, 0.2) is 5.78 Å². The number of aryl methyl sites for hydroxylation is 3. The number of aliphatic hydroxyl groups excluding tert-OH is 1. The molecule has 0 amide bonds. The highest BCUT2D eigenvalue weighted by Gasteiger charge is 2.22. The number of hydrogen-bond donors (Lipinski definition) is 1. The zero-order chi connectivity index (χ0) is 21.2. The first kappa shape index (κ1) is 22.8. The van der Waals surface area contributed by atoms with Crippen molar-refractivity contribution in [3.63, 3.8) is 0 Å². The lowest BCUT2D eigenvalue weighted by Gasteiger charge is -2.10. The minimum atomic E-state index is -0.493. The third-order valence-electron chi connectivity index (χ3n) is 5.21. The van der Waals surface area contributed by atoms with Gasteiger partial charge in [0, 0.05) is 30.7 Å². The lowest BCUT2D eigenvalue weighted by atomic mass is 9.95. The van der Waals surface area contributed by atoms with Gasteiger partial charge in [0.05, 0.1) is 18.9 Å². The molecule has 1 aromatic heterocycles. The molecule has 0 radical (unpaired) electrons. The fourth-order valence-electron chi connectivity index (χ4n) is 3.32. The van der Waals surface area contributed by atoms with Gasteiger partial charge >= 0.3 is 5.97 Å². The van der Waals surface area contributed by atoms with Crippen LogP contribution >= 0.6 is 0 Å². The van der Waals surface area contributed by atoms with E-state index in [0.717, 1.165) is 42.6 Å². The number of unbranched alkanes of at least 4 members (excludes halogenated alkanes) is 1.